The van der Waals surface area contributed by atoms with Gasteiger partial charge >= 0.3 is 5.97 Å². The zero-order valence-corrected chi connectivity index (χ0v) is 7.06. The van der Waals surface area contributed by atoms with Gasteiger partial charge in [0.15, 0.2) is 0 Å². The molecule has 2 rings (SSSR count). The van der Waals surface area contributed by atoms with Gasteiger partial charge < -0.3 is 9.84 Å². The number of cyclic esters (lactones) is 1. The lowest BCUT2D eigenvalue weighted by Gasteiger charge is -2.07. The van der Waals surface area contributed by atoms with Gasteiger partial charge in [-0.15, -0.1) is 0 Å². The van der Waals surface area contributed by atoms with Crippen molar-refractivity contribution >= 4 is 5.97 Å². The second-order valence-electron chi connectivity index (χ2n) is 2.99. The van der Waals surface area contributed by atoms with E-state index < -0.39 is 0 Å². The molecule has 1 aliphatic rings. The monoisotopic (exact) mass is 178 g/mol. The van der Waals surface area contributed by atoms with Gasteiger partial charge in [0, 0.05) is 18.6 Å². The van der Waals surface area contributed by atoms with Crippen LogP contribution < -0.4 is 0 Å². The quantitative estimate of drug-likeness (QED) is 0.694. The lowest BCUT2D eigenvalue weighted by molar-refractivity contribution is 0.0332. The van der Waals surface area contributed by atoms with Crippen molar-refractivity contribution < 1.29 is 14.6 Å². The van der Waals surface area contributed by atoms with E-state index in [0.29, 0.717) is 12.0 Å². The van der Waals surface area contributed by atoms with Crippen LogP contribution in [-0.2, 0) is 4.74 Å². The third kappa shape index (κ3) is 1.31. The number of fused-ring (bicyclic) bond motifs is 1. The Morgan fingerprint density at radius 2 is 2.15 bits per heavy atom. The second-order valence-corrected chi connectivity index (χ2v) is 2.99. The summed E-state index contributed by atoms with van der Waals surface area (Å²) in [5.74, 6) is -0.283. The Morgan fingerprint density at radius 1 is 1.38 bits per heavy atom. The Kier molecular flexibility index (Phi) is 2.02. The summed E-state index contributed by atoms with van der Waals surface area (Å²) in [6.45, 7) is 0.0340. The van der Waals surface area contributed by atoms with E-state index >= 15 is 0 Å². The fraction of sp³-hybridized carbons (Fsp3) is 0.300. The topological polar surface area (TPSA) is 46.5 Å². The number of benzene rings is 1. The van der Waals surface area contributed by atoms with E-state index in [2.05, 4.69) is 0 Å². The fourth-order valence-electron chi connectivity index (χ4n) is 1.55. The Balaban J connectivity index is 2.36. The van der Waals surface area contributed by atoms with E-state index in [1.54, 1.807) is 12.1 Å². The maximum absolute atomic E-state index is 11.2. The molecule has 1 heterocycles. The van der Waals surface area contributed by atoms with Crippen molar-refractivity contribution in [1.82, 2.24) is 0 Å². The summed E-state index contributed by atoms with van der Waals surface area (Å²) in [6, 6.07) is 7.28. The summed E-state index contributed by atoms with van der Waals surface area (Å²) in [7, 11) is 0. The molecule has 3 heteroatoms. The molecule has 0 spiro atoms. The average molecular weight is 178 g/mol. The molecular weight excluding hydrogens is 168 g/mol. The highest BCUT2D eigenvalue weighted by atomic mass is 16.5. The highest BCUT2D eigenvalue weighted by Crippen LogP contribution is 2.32. The molecule has 0 aromatic heterocycles. The minimum absolute atomic E-state index is 0.0340. The van der Waals surface area contributed by atoms with Crippen LogP contribution in [0.4, 0.5) is 0 Å². The highest BCUT2D eigenvalue weighted by molar-refractivity contribution is 5.93. The maximum atomic E-state index is 11.2. The van der Waals surface area contributed by atoms with Crippen LogP contribution in [0, 0.1) is 0 Å². The van der Waals surface area contributed by atoms with Gasteiger partial charge in [0.1, 0.15) is 6.10 Å². The van der Waals surface area contributed by atoms with Crippen molar-refractivity contribution in [2.45, 2.75) is 12.5 Å². The molecule has 13 heavy (non-hydrogen) atoms. The predicted octanol–water partition coefficient (Wildman–Crippen LogP) is 1.28. The smallest absolute Gasteiger partial charge is 0.339 e. The van der Waals surface area contributed by atoms with Crippen LogP contribution >= 0.6 is 0 Å². The Bertz CT molecular complexity index is 333. The number of aliphatic hydroxyl groups excluding tert-OH is 1. The summed E-state index contributed by atoms with van der Waals surface area (Å²) in [6.07, 6.45) is 0.219. The number of hydrogen-bond donors (Lipinski definition) is 1. The molecule has 1 atom stereocenters. The van der Waals surface area contributed by atoms with Crippen LogP contribution in [0.2, 0.25) is 0 Å². The zero-order chi connectivity index (χ0) is 9.26. The number of rotatable bonds is 2. The van der Waals surface area contributed by atoms with Crippen molar-refractivity contribution in [3.63, 3.8) is 0 Å². The minimum Gasteiger partial charge on any atom is -0.454 e. The summed E-state index contributed by atoms with van der Waals surface area (Å²) in [4.78, 5) is 11.2. The van der Waals surface area contributed by atoms with Gasteiger partial charge in [-0.05, 0) is 6.07 Å². The van der Waals surface area contributed by atoms with Gasteiger partial charge in [0.2, 0.25) is 0 Å². The van der Waals surface area contributed by atoms with Crippen molar-refractivity contribution in [1.29, 1.82) is 0 Å². The molecule has 1 aliphatic heterocycles. The molecule has 0 amide bonds. The van der Waals surface area contributed by atoms with Gasteiger partial charge in [-0.25, -0.2) is 4.79 Å². The maximum Gasteiger partial charge on any atom is 0.339 e. The first-order valence-corrected chi connectivity index (χ1v) is 4.23. The summed E-state index contributed by atoms with van der Waals surface area (Å²) in [5, 5.41) is 8.75. The molecule has 0 saturated heterocycles. The fourth-order valence-corrected chi connectivity index (χ4v) is 1.55. The first-order chi connectivity index (χ1) is 6.33. The SMILES string of the molecule is O=C1O[C@@H](CCO)c2ccccc21. The van der Waals surface area contributed by atoms with E-state index in [4.69, 9.17) is 9.84 Å². The van der Waals surface area contributed by atoms with Crippen molar-refractivity contribution in [2.75, 3.05) is 6.61 Å². The number of aliphatic hydroxyl groups is 1. The summed E-state index contributed by atoms with van der Waals surface area (Å²) < 4.78 is 5.07. The molecule has 0 fully saturated rings. The normalized spacial score (nSPS) is 19.8. The predicted molar refractivity (Wildman–Crippen MR) is 46.3 cm³/mol. The molecule has 1 aromatic carbocycles. The molecule has 0 saturated carbocycles. The third-order valence-corrected chi connectivity index (χ3v) is 2.17. The van der Waals surface area contributed by atoms with E-state index in [0.717, 1.165) is 5.56 Å². The molecule has 1 N–H and O–H groups in total. The molecular formula is C10H10O3. The van der Waals surface area contributed by atoms with Crippen LogP contribution in [0.5, 0.6) is 0 Å². The van der Waals surface area contributed by atoms with Crippen molar-refractivity contribution in [3.05, 3.63) is 35.4 Å². The highest BCUT2D eigenvalue weighted by Gasteiger charge is 2.29. The number of carbonyl (C=O) groups is 1. The Labute approximate surface area is 76.0 Å². The van der Waals surface area contributed by atoms with Gasteiger partial charge in [-0.1, -0.05) is 18.2 Å². The van der Waals surface area contributed by atoms with Crippen LogP contribution in [0.3, 0.4) is 0 Å². The van der Waals surface area contributed by atoms with Gasteiger partial charge in [0.25, 0.3) is 0 Å². The first kappa shape index (κ1) is 8.26. The lowest BCUT2D eigenvalue weighted by atomic mass is 10.0. The molecule has 3 nitrogen and oxygen atoms in total. The molecule has 0 radical (unpaired) electrons. The summed E-state index contributed by atoms with van der Waals surface area (Å²) >= 11 is 0. The molecule has 0 unspecified atom stereocenters. The Morgan fingerprint density at radius 3 is 2.92 bits per heavy atom. The van der Waals surface area contributed by atoms with Crippen LogP contribution in [-0.4, -0.2) is 17.7 Å². The summed E-state index contributed by atoms with van der Waals surface area (Å²) in [5.41, 5.74) is 1.52. The van der Waals surface area contributed by atoms with E-state index in [-0.39, 0.29) is 18.7 Å². The Hall–Kier alpha value is -1.35. The van der Waals surface area contributed by atoms with Gasteiger partial charge in [-0.2, -0.15) is 0 Å². The second kappa shape index (κ2) is 3.18. The minimum atomic E-state index is -0.283. The number of ether oxygens (including phenoxy) is 1. The van der Waals surface area contributed by atoms with Crippen LogP contribution in [0.1, 0.15) is 28.4 Å². The van der Waals surface area contributed by atoms with Gasteiger partial charge in [-0.3, -0.25) is 0 Å². The largest absolute Gasteiger partial charge is 0.454 e. The van der Waals surface area contributed by atoms with Crippen LogP contribution in [0.15, 0.2) is 24.3 Å². The molecule has 0 aliphatic carbocycles. The first-order valence-electron chi connectivity index (χ1n) is 4.23. The van der Waals surface area contributed by atoms with Crippen molar-refractivity contribution in [3.8, 4) is 0 Å². The molecule has 0 bridgehead atoms. The van der Waals surface area contributed by atoms with E-state index in [9.17, 15) is 4.79 Å². The molecule has 1 aromatic rings. The van der Waals surface area contributed by atoms with Crippen molar-refractivity contribution in [2.24, 2.45) is 0 Å². The van der Waals surface area contributed by atoms with E-state index in [1.807, 2.05) is 12.1 Å². The van der Waals surface area contributed by atoms with Crippen LogP contribution in [0.25, 0.3) is 0 Å². The van der Waals surface area contributed by atoms with E-state index in [1.165, 1.54) is 0 Å². The average Bonchev–Trinajstić information content (AvgIpc) is 2.46. The van der Waals surface area contributed by atoms with Gasteiger partial charge in [0.05, 0.1) is 5.56 Å². The number of hydrogen-bond acceptors (Lipinski definition) is 3. The third-order valence-electron chi connectivity index (χ3n) is 2.17. The number of esters is 1. The number of carbonyl (C=O) groups excluding carboxylic acids is 1. The zero-order valence-electron chi connectivity index (χ0n) is 7.06. The molecule has 68 valence electrons. The standard InChI is InChI=1S/C10H10O3/c11-6-5-9-7-3-1-2-4-8(7)10(12)13-9/h1-4,9,11H,5-6H2/t9-/m0/s1. The lowest BCUT2D eigenvalue weighted by Crippen LogP contribution is -2.00.